The molecule has 0 unspecified atom stereocenters. The van der Waals surface area contributed by atoms with E-state index in [2.05, 4.69) is 4.98 Å². The van der Waals surface area contributed by atoms with E-state index in [0.29, 0.717) is 12.4 Å². The molecule has 0 aromatic carbocycles. The SMILES string of the molecule is O=C(O)c1cc(OCc2ccncc2)cs1. The Labute approximate surface area is 96.1 Å². The molecule has 0 aliphatic rings. The van der Waals surface area contributed by atoms with Crippen LogP contribution in [-0.4, -0.2) is 16.1 Å². The van der Waals surface area contributed by atoms with Gasteiger partial charge in [-0.15, -0.1) is 11.3 Å². The number of rotatable bonds is 4. The molecule has 1 N–H and O–H groups in total. The number of nitrogens with zero attached hydrogens (tertiary/aromatic N) is 1. The zero-order valence-corrected chi connectivity index (χ0v) is 9.11. The van der Waals surface area contributed by atoms with Crippen molar-refractivity contribution < 1.29 is 14.6 Å². The number of aromatic carboxylic acids is 1. The second kappa shape index (κ2) is 4.76. The Bertz CT molecular complexity index is 481. The maximum atomic E-state index is 10.6. The van der Waals surface area contributed by atoms with Gasteiger partial charge in [0.1, 0.15) is 17.2 Å². The Balaban J connectivity index is 1.97. The lowest BCUT2D eigenvalue weighted by molar-refractivity contribution is 0.0702. The minimum Gasteiger partial charge on any atom is -0.488 e. The number of hydrogen-bond acceptors (Lipinski definition) is 4. The topological polar surface area (TPSA) is 59.4 Å². The zero-order chi connectivity index (χ0) is 11.4. The first-order chi connectivity index (χ1) is 7.75. The van der Waals surface area contributed by atoms with Crippen LogP contribution in [0, 0.1) is 0 Å². The van der Waals surface area contributed by atoms with E-state index in [1.165, 1.54) is 6.07 Å². The minimum atomic E-state index is -0.927. The highest BCUT2D eigenvalue weighted by Crippen LogP contribution is 2.22. The normalized spacial score (nSPS) is 10.0. The summed E-state index contributed by atoms with van der Waals surface area (Å²) < 4.78 is 5.44. The predicted molar refractivity (Wildman–Crippen MR) is 59.8 cm³/mol. The van der Waals surface area contributed by atoms with Crippen LogP contribution < -0.4 is 4.74 Å². The maximum Gasteiger partial charge on any atom is 0.346 e. The highest BCUT2D eigenvalue weighted by molar-refractivity contribution is 7.12. The number of carboxylic acids is 1. The van der Waals surface area contributed by atoms with Gasteiger partial charge in [-0.2, -0.15) is 0 Å². The lowest BCUT2D eigenvalue weighted by Gasteiger charge is -2.02. The molecular formula is C11H9NO3S. The third-order valence-electron chi connectivity index (χ3n) is 1.94. The second-order valence-corrected chi connectivity index (χ2v) is 4.01. The van der Waals surface area contributed by atoms with Crippen LogP contribution in [0.1, 0.15) is 15.2 Å². The van der Waals surface area contributed by atoms with Gasteiger partial charge in [0.05, 0.1) is 0 Å². The van der Waals surface area contributed by atoms with Crippen molar-refractivity contribution in [3.05, 3.63) is 46.4 Å². The molecule has 82 valence electrons. The monoisotopic (exact) mass is 235 g/mol. The molecule has 0 aliphatic heterocycles. The van der Waals surface area contributed by atoms with Gasteiger partial charge in [-0.25, -0.2) is 4.79 Å². The number of hydrogen-bond donors (Lipinski definition) is 1. The van der Waals surface area contributed by atoms with E-state index < -0.39 is 5.97 Å². The second-order valence-electron chi connectivity index (χ2n) is 3.10. The highest BCUT2D eigenvalue weighted by atomic mass is 32.1. The van der Waals surface area contributed by atoms with Crippen molar-refractivity contribution in [3.8, 4) is 5.75 Å². The molecule has 2 aromatic heterocycles. The van der Waals surface area contributed by atoms with Crippen molar-refractivity contribution in [1.82, 2.24) is 4.98 Å². The Morgan fingerprint density at radius 3 is 2.81 bits per heavy atom. The summed E-state index contributed by atoms with van der Waals surface area (Å²) in [6.07, 6.45) is 3.38. The summed E-state index contributed by atoms with van der Waals surface area (Å²) in [6, 6.07) is 5.23. The molecule has 16 heavy (non-hydrogen) atoms. The number of pyridine rings is 1. The van der Waals surface area contributed by atoms with E-state index in [9.17, 15) is 4.79 Å². The fraction of sp³-hybridized carbons (Fsp3) is 0.0909. The van der Waals surface area contributed by atoms with Gasteiger partial charge in [0.25, 0.3) is 0 Å². The number of carbonyl (C=O) groups is 1. The average Bonchev–Trinajstić information content (AvgIpc) is 2.76. The van der Waals surface area contributed by atoms with Crippen LogP contribution in [0.3, 0.4) is 0 Å². The van der Waals surface area contributed by atoms with E-state index in [1.54, 1.807) is 17.8 Å². The molecule has 0 radical (unpaired) electrons. The third-order valence-corrected chi connectivity index (χ3v) is 2.84. The van der Waals surface area contributed by atoms with Crippen molar-refractivity contribution in [3.63, 3.8) is 0 Å². The first kappa shape index (κ1) is 10.6. The van der Waals surface area contributed by atoms with Crippen molar-refractivity contribution in [2.45, 2.75) is 6.61 Å². The van der Waals surface area contributed by atoms with Gasteiger partial charge < -0.3 is 9.84 Å². The van der Waals surface area contributed by atoms with Gasteiger partial charge in [0.15, 0.2) is 0 Å². The van der Waals surface area contributed by atoms with E-state index in [-0.39, 0.29) is 4.88 Å². The lowest BCUT2D eigenvalue weighted by Crippen LogP contribution is -1.94. The van der Waals surface area contributed by atoms with Gasteiger partial charge in [0.2, 0.25) is 0 Å². The Morgan fingerprint density at radius 2 is 2.19 bits per heavy atom. The summed E-state index contributed by atoms with van der Waals surface area (Å²) in [6.45, 7) is 0.415. The number of carboxylic acid groups (broad SMARTS) is 1. The molecule has 4 nitrogen and oxygen atoms in total. The first-order valence-corrected chi connectivity index (χ1v) is 5.47. The van der Waals surface area contributed by atoms with Crippen LogP contribution in [0.5, 0.6) is 5.75 Å². The number of aromatic nitrogens is 1. The molecule has 2 rings (SSSR count). The molecule has 0 spiro atoms. The molecule has 0 amide bonds. The summed E-state index contributed by atoms with van der Waals surface area (Å²) >= 11 is 1.16. The van der Waals surface area contributed by atoms with E-state index in [1.807, 2.05) is 12.1 Å². The molecule has 2 aromatic rings. The first-order valence-electron chi connectivity index (χ1n) is 4.59. The molecule has 2 heterocycles. The maximum absolute atomic E-state index is 10.6. The molecule has 5 heteroatoms. The largest absolute Gasteiger partial charge is 0.488 e. The number of thiophene rings is 1. The lowest BCUT2D eigenvalue weighted by atomic mass is 10.3. The van der Waals surface area contributed by atoms with E-state index >= 15 is 0 Å². The number of ether oxygens (including phenoxy) is 1. The van der Waals surface area contributed by atoms with Crippen LogP contribution >= 0.6 is 11.3 Å². The Kier molecular flexibility index (Phi) is 3.16. The predicted octanol–water partition coefficient (Wildman–Crippen LogP) is 2.42. The zero-order valence-electron chi connectivity index (χ0n) is 8.29. The average molecular weight is 235 g/mol. The van der Waals surface area contributed by atoms with Gasteiger partial charge in [0, 0.05) is 23.8 Å². The van der Waals surface area contributed by atoms with Crippen LogP contribution in [0.4, 0.5) is 0 Å². The summed E-state index contributed by atoms with van der Waals surface area (Å²) in [4.78, 5) is 14.8. The summed E-state index contributed by atoms with van der Waals surface area (Å²) in [5.41, 5.74) is 0.998. The quantitative estimate of drug-likeness (QED) is 0.884. The van der Waals surface area contributed by atoms with Crippen LogP contribution in [0.15, 0.2) is 36.0 Å². The van der Waals surface area contributed by atoms with E-state index in [0.717, 1.165) is 16.9 Å². The minimum absolute atomic E-state index is 0.282. The molecule has 0 saturated heterocycles. The fourth-order valence-electron chi connectivity index (χ4n) is 1.15. The summed E-state index contributed by atoms with van der Waals surface area (Å²) in [5, 5.41) is 10.4. The van der Waals surface area contributed by atoms with Crippen molar-refractivity contribution in [2.75, 3.05) is 0 Å². The van der Waals surface area contributed by atoms with Gasteiger partial charge in [-0.1, -0.05) is 0 Å². The molecule has 0 saturated carbocycles. The van der Waals surface area contributed by atoms with Gasteiger partial charge in [-0.05, 0) is 17.7 Å². The van der Waals surface area contributed by atoms with Crippen LogP contribution in [-0.2, 0) is 6.61 Å². The Hall–Kier alpha value is -1.88. The van der Waals surface area contributed by atoms with Crippen LogP contribution in [0.2, 0.25) is 0 Å². The molecular weight excluding hydrogens is 226 g/mol. The smallest absolute Gasteiger partial charge is 0.346 e. The van der Waals surface area contributed by atoms with Gasteiger partial charge in [-0.3, -0.25) is 4.98 Å². The Morgan fingerprint density at radius 1 is 1.44 bits per heavy atom. The van der Waals surface area contributed by atoms with E-state index in [4.69, 9.17) is 9.84 Å². The molecule has 0 bridgehead atoms. The molecule has 0 aliphatic carbocycles. The standard InChI is InChI=1S/C11H9NO3S/c13-11(14)10-5-9(7-16-10)15-6-8-1-3-12-4-2-8/h1-5,7H,6H2,(H,13,14). The van der Waals surface area contributed by atoms with Crippen molar-refractivity contribution >= 4 is 17.3 Å². The third kappa shape index (κ3) is 2.58. The van der Waals surface area contributed by atoms with Crippen LogP contribution in [0.25, 0.3) is 0 Å². The van der Waals surface area contributed by atoms with Crippen molar-refractivity contribution in [2.24, 2.45) is 0 Å². The summed E-state index contributed by atoms with van der Waals surface area (Å²) in [7, 11) is 0. The highest BCUT2D eigenvalue weighted by Gasteiger charge is 2.07. The summed E-state index contributed by atoms with van der Waals surface area (Å²) in [5.74, 6) is -0.344. The van der Waals surface area contributed by atoms with Gasteiger partial charge >= 0.3 is 5.97 Å². The molecule has 0 atom stereocenters. The fourth-order valence-corrected chi connectivity index (χ4v) is 1.82. The molecule has 0 fully saturated rings. The van der Waals surface area contributed by atoms with Crippen molar-refractivity contribution in [1.29, 1.82) is 0 Å².